The van der Waals surface area contributed by atoms with Gasteiger partial charge in [0, 0.05) is 18.1 Å². The molecule has 0 saturated heterocycles. The summed E-state index contributed by atoms with van der Waals surface area (Å²) >= 11 is 6.97. The second-order valence-corrected chi connectivity index (χ2v) is 4.64. The van der Waals surface area contributed by atoms with Crippen molar-refractivity contribution in [2.75, 3.05) is 0 Å². The number of nitrogens with zero attached hydrogens (tertiary/aromatic N) is 4. The normalized spacial score (nSPS) is 10.5. The Kier molecular flexibility index (Phi) is 3.30. The van der Waals surface area contributed by atoms with E-state index in [2.05, 4.69) is 10.2 Å². The van der Waals surface area contributed by atoms with Crippen molar-refractivity contribution in [3.63, 3.8) is 0 Å². The second-order valence-electron chi connectivity index (χ2n) is 3.14. The first kappa shape index (κ1) is 11.9. The van der Waals surface area contributed by atoms with Crippen LogP contribution < -0.4 is 0 Å². The van der Waals surface area contributed by atoms with E-state index in [9.17, 15) is 10.1 Å². The molecular formula is C9H7ClN4O2S. The summed E-state index contributed by atoms with van der Waals surface area (Å²) in [6.45, 7) is 0. The van der Waals surface area contributed by atoms with Gasteiger partial charge in [0.25, 0.3) is 5.69 Å². The summed E-state index contributed by atoms with van der Waals surface area (Å²) in [6.07, 6.45) is 1.54. The Morgan fingerprint density at radius 1 is 1.53 bits per heavy atom. The lowest BCUT2D eigenvalue weighted by molar-refractivity contribution is -0.387. The SMILES string of the molecule is Cn1ncc(Sc2cc(Cl)ccc2[N+](=O)[O-])n1. The van der Waals surface area contributed by atoms with Crippen LogP contribution in [0.15, 0.2) is 34.3 Å². The van der Waals surface area contributed by atoms with E-state index in [-0.39, 0.29) is 5.69 Å². The standard InChI is InChI=1S/C9H7ClN4O2S/c1-13-11-5-9(12-13)17-8-4-6(10)2-3-7(8)14(15)16/h2-5H,1H3. The Morgan fingerprint density at radius 3 is 2.88 bits per heavy atom. The lowest BCUT2D eigenvalue weighted by Crippen LogP contribution is -1.92. The van der Waals surface area contributed by atoms with Gasteiger partial charge in [-0.15, -0.1) is 5.10 Å². The Labute approximate surface area is 106 Å². The van der Waals surface area contributed by atoms with Gasteiger partial charge in [0.2, 0.25) is 0 Å². The summed E-state index contributed by atoms with van der Waals surface area (Å²) in [7, 11) is 1.68. The molecule has 88 valence electrons. The van der Waals surface area contributed by atoms with Crippen molar-refractivity contribution in [3.8, 4) is 0 Å². The van der Waals surface area contributed by atoms with Crippen LogP contribution in [-0.2, 0) is 7.05 Å². The molecule has 0 amide bonds. The van der Waals surface area contributed by atoms with Crippen molar-refractivity contribution in [1.82, 2.24) is 15.0 Å². The minimum atomic E-state index is -0.449. The molecule has 8 heteroatoms. The van der Waals surface area contributed by atoms with Crippen LogP contribution in [0.2, 0.25) is 5.02 Å². The van der Waals surface area contributed by atoms with Crippen LogP contribution in [0.3, 0.4) is 0 Å². The molecule has 0 fully saturated rings. The van der Waals surface area contributed by atoms with Gasteiger partial charge in [-0.25, -0.2) is 0 Å². The van der Waals surface area contributed by atoms with Crippen molar-refractivity contribution in [3.05, 3.63) is 39.5 Å². The molecule has 0 atom stereocenters. The number of nitro benzene ring substituents is 1. The van der Waals surface area contributed by atoms with E-state index >= 15 is 0 Å². The van der Waals surface area contributed by atoms with Crippen molar-refractivity contribution >= 4 is 29.1 Å². The number of hydrogen-bond acceptors (Lipinski definition) is 5. The van der Waals surface area contributed by atoms with E-state index in [4.69, 9.17) is 11.6 Å². The molecule has 2 aromatic rings. The maximum Gasteiger partial charge on any atom is 0.283 e. The van der Waals surface area contributed by atoms with Crippen LogP contribution in [0.5, 0.6) is 0 Å². The van der Waals surface area contributed by atoms with Crippen LogP contribution in [0.4, 0.5) is 5.69 Å². The van der Waals surface area contributed by atoms with Gasteiger partial charge in [0.05, 0.1) is 16.0 Å². The van der Waals surface area contributed by atoms with Gasteiger partial charge in [-0.1, -0.05) is 23.4 Å². The van der Waals surface area contributed by atoms with Crippen LogP contribution in [0.1, 0.15) is 0 Å². The quantitative estimate of drug-likeness (QED) is 0.633. The molecule has 0 saturated carbocycles. The van der Waals surface area contributed by atoms with Crippen LogP contribution in [-0.4, -0.2) is 19.9 Å². The molecule has 0 bridgehead atoms. The molecule has 1 aromatic heterocycles. The van der Waals surface area contributed by atoms with Gasteiger partial charge in [0.15, 0.2) is 0 Å². The summed E-state index contributed by atoms with van der Waals surface area (Å²) in [6, 6.07) is 4.40. The smallest absolute Gasteiger partial charge is 0.258 e. The zero-order chi connectivity index (χ0) is 12.4. The molecule has 6 nitrogen and oxygen atoms in total. The fraction of sp³-hybridized carbons (Fsp3) is 0.111. The predicted octanol–water partition coefficient (Wildman–Crippen LogP) is 2.53. The number of halogens is 1. The number of benzene rings is 1. The van der Waals surface area contributed by atoms with Gasteiger partial charge < -0.3 is 0 Å². The third-order valence-electron chi connectivity index (χ3n) is 1.91. The highest BCUT2D eigenvalue weighted by Crippen LogP contribution is 2.35. The third kappa shape index (κ3) is 2.75. The van der Waals surface area contributed by atoms with Crippen LogP contribution >= 0.6 is 23.4 Å². The molecule has 0 aliphatic rings. The first-order valence-electron chi connectivity index (χ1n) is 4.54. The summed E-state index contributed by atoms with van der Waals surface area (Å²) in [5.74, 6) is 0. The van der Waals surface area contributed by atoms with Gasteiger partial charge in [-0.3, -0.25) is 10.1 Å². The summed E-state index contributed by atoms with van der Waals surface area (Å²) in [5, 5.41) is 19.8. The van der Waals surface area contributed by atoms with E-state index in [1.807, 2.05) is 0 Å². The van der Waals surface area contributed by atoms with Gasteiger partial charge in [0.1, 0.15) is 5.03 Å². The van der Waals surface area contributed by atoms with E-state index in [1.54, 1.807) is 13.1 Å². The van der Waals surface area contributed by atoms with Crippen molar-refractivity contribution < 1.29 is 4.92 Å². The third-order valence-corrected chi connectivity index (χ3v) is 3.09. The second kappa shape index (κ2) is 4.72. The molecule has 0 unspecified atom stereocenters. The molecular weight excluding hydrogens is 264 g/mol. The lowest BCUT2D eigenvalue weighted by Gasteiger charge is -2.00. The fourth-order valence-electron chi connectivity index (χ4n) is 1.21. The van der Waals surface area contributed by atoms with Gasteiger partial charge >= 0.3 is 0 Å². The molecule has 0 spiro atoms. The molecule has 0 aliphatic heterocycles. The molecule has 0 aliphatic carbocycles. The zero-order valence-electron chi connectivity index (χ0n) is 8.70. The number of rotatable bonds is 3. The summed E-state index contributed by atoms with van der Waals surface area (Å²) < 4.78 is 0. The van der Waals surface area contributed by atoms with Crippen LogP contribution in [0, 0.1) is 10.1 Å². The molecule has 17 heavy (non-hydrogen) atoms. The number of hydrogen-bond donors (Lipinski definition) is 0. The largest absolute Gasteiger partial charge is 0.283 e. The lowest BCUT2D eigenvalue weighted by atomic mass is 10.3. The Balaban J connectivity index is 2.37. The van der Waals surface area contributed by atoms with E-state index in [1.165, 1.54) is 23.1 Å². The van der Waals surface area contributed by atoms with Crippen LogP contribution in [0.25, 0.3) is 0 Å². The van der Waals surface area contributed by atoms with E-state index in [0.717, 1.165) is 11.8 Å². The monoisotopic (exact) mass is 270 g/mol. The van der Waals surface area contributed by atoms with Crippen molar-refractivity contribution in [2.24, 2.45) is 7.05 Å². The number of nitro groups is 1. The Hall–Kier alpha value is -1.60. The highest BCUT2D eigenvalue weighted by molar-refractivity contribution is 7.99. The first-order valence-corrected chi connectivity index (χ1v) is 5.74. The Morgan fingerprint density at radius 2 is 2.29 bits per heavy atom. The average molecular weight is 271 g/mol. The average Bonchev–Trinajstić information content (AvgIpc) is 2.63. The maximum atomic E-state index is 10.8. The summed E-state index contributed by atoms with van der Waals surface area (Å²) in [5.41, 5.74) is 0.00468. The number of aryl methyl sites for hydroxylation is 1. The first-order chi connectivity index (χ1) is 8.06. The van der Waals surface area contributed by atoms with Crippen molar-refractivity contribution in [1.29, 1.82) is 0 Å². The van der Waals surface area contributed by atoms with Gasteiger partial charge in [-0.05, 0) is 12.1 Å². The highest BCUT2D eigenvalue weighted by atomic mass is 35.5. The minimum Gasteiger partial charge on any atom is -0.258 e. The number of aromatic nitrogens is 3. The highest BCUT2D eigenvalue weighted by Gasteiger charge is 2.16. The maximum absolute atomic E-state index is 10.8. The predicted molar refractivity (Wildman–Crippen MR) is 63.2 cm³/mol. The van der Waals surface area contributed by atoms with Crippen molar-refractivity contribution in [2.45, 2.75) is 9.92 Å². The Bertz CT molecular complexity index is 572. The van der Waals surface area contributed by atoms with Gasteiger partial charge in [-0.2, -0.15) is 9.90 Å². The topological polar surface area (TPSA) is 73.8 Å². The molecule has 2 rings (SSSR count). The molecule has 1 aromatic carbocycles. The zero-order valence-corrected chi connectivity index (χ0v) is 10.3. The molecule has 0 N–H and O–H groups in total. The van der Waals surface area contributed by atoms with E-state index < -0.39 is 4.92 Å². The minimum absolute atomic E-state index is 0.00468. The molecule has 1 heterocycles. The summed E-state index contributed by atoms with van der Waals surface area (Å²) in [4.78, 5) is 12.2. The van der Waals surface area contributed by atoms with E-state index in [0.29, 0.717) is 14.9 Å². The fourth-order valence-corrected chi connectivity index (χ4v) is 2.36. The molecule has 0 radical (unpaired) electrons.